The van der Waals surface area contributed by atoms with E-state index in [1.807, 2.05) is 18.3 Å². The summed E-state index contributed by atoms with van der Waals surface area (Å²) in [5.74, 6) is 0.495. The van der Waals surface area contributed by atoms with E-state index in [1.165, 1.54) is 12.1 Å². The van der Waals surface area contributed by atoms with Crippen LogP contribution < -0.4 is 10.6 Å². The van der Waals surface area contributed by atoms with Crippen LogP contribution in [0.25, 0.3) is 0 Å². The third-order valence-corrected chi connectivity index (χ3v) is 5.99. The molecule has 31 heavy (non-hydrogen) atoms. The summed E-state index contributed by atoms with van der Waals surface area (Å²) in [6, 6.07) is 11.0. The monoisotopic (exact) mass is 445 g/mol. The summed E-state index contributed by atoms with van der Waals surface area (Å²) in [5, 5.41) is 7.39. The Labute approximate surface area is 190 Å². The minimum Gasteiger partial charge on any atom is -0.357 e. The SMILES string of the molecule is CCNC(=NCC(C)(C)c1ccc(F)cc1Cl)NC1CCN(Cc2ccccn2)CC1. The van der Waals surface area contributed by atoms with Gasteiger partial charge in [0.2, 0.25) is 0 Å². The Kier molecular flexibility index (Phi) is 8.27. The molecule has 1 aromatic carbocycles. The van der Waals surface area contributed by atoms with Gasteiger partial charge in [-0.1, -0.05) is 37.6 Å². The summed E-state index contributed by atoms with van der Waals surface area (Å²) in [5.41, 5.74) is 1.71. The predicted octanol–water partition coefficient (Wildman–Crippen LogP) is 4.37. The Morgan fingerprint density at radius 2 is 2.03 bits per heavy atom. The molecule has 1 aliphatic rings. The fraction of sp³-hybridized carbons (Fsp3) is 0.500. The lowest BCUT2D eigenvalue weighted by Crippen LogP contribution is -2.48. The summed E-state index contributed by atoms with van der Waals surface area (Å²) < 4.78 is 13.4. The summed E-state index contributed by atoms with van der Waals surface area (Å²) in [6.07, 6.45) is 3.97. The Morgan fingerprint density at radius 1 is 1.26 bits per heavy atom. The van der Waals surface area contributed by atoms with Crippen LogP contribution in [0.1, 0.15) is 44.9 Å². The van der Waals surface area contributed by atoms with Gasteiger partial charge in [-0.2, -0.15) is 0 Å². The van der Waals surface area contributed by atoms with Crippen molar-refractivity contribution in [2.45, 2.75) is 51.6 Å². The molecular weight excluding hydrogens is 413 g/mol. The summed E-state index contributed by atoms with van der Waals surface area (Å²) in [7, 11) is 0. The van der Waals surface area contributed by atoms with Crippen molar-refractivity contribution in [2.24, 2.45) is 4.99 Å². The fourth-order valence-electron chi connectivity index (χ4n) is 3.87. The zero-order valence-electron chi connectivity index (χ0n) is 18.7. The molecule has 1 aliphatic heterocycles. The maximum atomic E-state index is 13.4. The Bertz CT molecular complexity index is 864. The van der Waals surface area contributed by atoms with Crippen molar-refractivity contribution >= 4 is 17.6 Å². The molecule has 1 aromatic heterocycles. The highest BCUT2D eigenvalue weighted by atomic mass is 35.5. The van der Waals surface area contributed by atoms with Crippen LogP contribution in [0.15, 0.2) is 47.6 Å². The molecule has 3 rings (SSSR count). The second-order valence-electron chi connectivity index (χ2n) is 8.72. The first kappa shape index (κ1) is 23.5. The standard InChI is InChI=1S/C24H33ClFN5/c1-4-27-23(29-17-24(2,3)21-9-8-18(26)15-22(21)25)30-19-10-13-31(14-11-19)16-20-7-5-6-12-28-20/h5-9,12,15,19H,4,10-11,13-14,16-17H2,1-3H3,(H2,27,29,30). The number of nitrogens with zero attached hydrogens (tertiary/aromatic N) is 3. The van der Waals surface area contributed by atoms with Gasteiger partial charge in [0.15, 0.2) is 5.96 Å². The maximum Gasteiger partial charge on any atom is 0.191 e. The van der Waals surface area contributed by atoms with Crippen LogP contribution in [-0.4, -0.2) is 48.1 Å². The van der Waals surface area contributed by atoms with E-state index in [-0.39, 0.29) is 11.2 Å². The number of hydrogen-bond acceptors (Lipinski definition) is 3. The van der Waals surface area contributed by atoms with E-state index in [2.05, 4.69) is 47.4 Å². The topological polar surface area (TPSA) is 52.6 Å². The van der Waals surface area contributed by atoms with Gasteiger partial charge in [0, 0.05) is 48.9 Å². The van der Waals surface area contributed by atoms with Crippen LogP contribution in [0, 0.1) is 5.82 Å². The Hall–Kier alpha value is -2.18. The van der Waals surface area contributed by atoms with Gasteiger partial charge in [0.1, 0.15) is 5.82 Å². The molecule has 0 radical (unpaired) electrons. The van der Waals surface area contributed by atoms with Crippen molar-refractivity contribution in [1.82, 2.24) is 20.5 Å². The Balaban J connectivity index is 1.56. The van der Waals surface area contributed by atoms with Crippen LogP contribution in [0.3, 0.4) is 0 Å². The van der Waals surface area contributed by atoms with Gasteiger partial charge < -0.3 is 10.6 Å². The predicted molar refractivity (Wildman–Crippen MR) is 126 cm³/mol. The molecule has 0 amide bonds. The lowest BCUT2D eigenvalue weighted by molar-refractivity contribution is 0.196. The molecule has 0 atom stereocenters. The molecule has 2 heterocycles. The van der Waals surface area contributed by atoms with Crippen molar-refractivity contribution in [2.75, 3.05) is 26.2 Å². The first-order valence-corrected chi connectivity index (χ1v) is 11.4. The highest BCUT2D eigenvalue weighted by Gasteiger charge is 2.25. The van der Waals surface area contributed by atoms with Crippen molar-refractivity contribution in [3.8, 4) is 0 Å². The van der Waals surface area contributed by atoms with Crippen LogP contribution >= 0.6 is 11.6 Å². The van der Waals surface area contributed by atoms with Crippen molar-refractivity contribution in [1.29, 1.82) is 0 Å². The van der Waals surface area contributed by atoms with Gasteiger partial charge >= 0.3 is 0 Å². The fourth-order valence-corrected chi connectivity index (χ4v) is 4.29. The van der Waals surface area contributed by atoms with E-state index in [1.54, 1.807) is 6.07 Å². The molecule has 2 N–H and O–H groups in total. The zero-order chi connectivity index (χ0) is 22.3. The summed E-state index contributed by atoms with van der Waals surface area (Å²) >= 11 is 6.29. The molecule has 168 valence electrons. The second kappa shape index (κ2) is 10.9. The molecule has 0 saturated carbocycles. The number of pyridine rings is 1. The molecule has 0 aliphatic carbocycles. The number of likely N-dealkylation sites (tertiary alicyclic amines) is 1. The third kappa shape index (κ3) is 6.91. The number of benzene rings is 1. The zero-order valence-corrected chi connectivity index (χ0v) is 19.4. The number of piperidine rings is 1. The first-order chi connectivity index (χ1) is 14.9. The smallest absolute Gasteiger partial charge is 0.191 e. The third-order valence-electron chi connectivity index (χ3n) is 5.68. The number of halogens is 2. The molecule has 0 unspecified atom stereocenters. The molecule has 5 nitrogen and oxygen atoms in total. The quantitative estimate of drug-likeness (QED) is 0.490. The Morgan fingerprint density at radius 3 is 2.68 bits per heavy atom. The second-order valence-corrected chi connectivity index (χ2v) is 9.13. The first-order valence-electron chi connectivity index (χ1n) is 11.0. The van der Waals surface area contributed by atoms with Crippen LogP contribution in [-0.2, 0) is 12.0 Å². The minimum atomic E-state index is -0.322. The van der Waals surface area contributed by atoms with Crippen LogP contribution in [0.2, 0.25) is 5.02 Å². The number of rotatable bonds is 7. The van der Waals surface area contributed by atoms with Crippen LogP contribution in [0.5, 0.6) is 0 Å². The number of guanidine groups is 1. The van der Waals surface area contributed by atoms with Crippen molar-refractivity contribution in [3.05, 3.63) is 64.7 Å². The highest BCUT2D eigenvalue weighted by molar-refractivity contribution is 6.31. The number of nitrogens with one attached hydrogen (secondary N) is 2. The molecule has 0 spiro atoms. The van der Waals surface area contributed by atoms with E-state index >= 15 is 0 Å². The summed E-state index contributed by atoms with van der Waals surface area (Å²) in [4.78, 5) is 11.7. The lowest BCUT2D eigenvalue weighted by Gasteiger charge is -2.33. The van der Waals surface area contributed by atoms with E-state index in [9.17, 15) is 4.39 Å². The highest BCUT2D eigenvalue weighted by Crippen LogP contribution is 2.30. The molecule has 0 bridgehead atoms. The van der Waals surface area contributed by atoms with Gasteiger partial charge in [-0.3, -0.25) is 14.9 Å². The molecule has 1 saturated heterocycles. The molecular formula is C24H33ClFN5. The van der Waals surface area contributed by atoms with Crippen molar-refractivity contribution < 1.29 is 4.39 Å². The van der Waals surface area contributed by atoms with E-state index in [0.717, 1.165) is 56.2 Å². The van der Waals surface area contributed by atoms with Crippen LogP contribution in [0.4, 0.5) is 4.39 Å². The minimum absolute atomic E-state index is 0.306. The lowest BCUT2D eigenvalue weighted by atomic mass is 9.84. The largest absolute Gasteiger partial charge is 0.357 e. The van der Waals surface area contributed by atoms with Gasteiger partial charge in [-0.05, 0) is 49.6 Å². The summed E-state index contributed by atoms with van der Waals surface area (Å²) in [6.45, 7) is 10.5. The number of aromatic nitrogens is 1. The van der Waals surface area contributed by atoms with E-state index in [4.69, 9.17) is 16.6 Å². The molecule has 7 heteroatoms. The number of aliphatic imine (C=N–C) groups is 1. The number of hydrogen-bond donors (Lipinski definition) is 2. The maximum absolute atomic E-state index is 13.4. The van der Waals surface area contributed by atoms with Gasteiger partial charge in [0.25, 0.3) is 0 Å². The van der Waals surface area contributed by atoms with Crippen molar-refractivity contribution in [3.63, 3.8) is 0 Å². The van der Waals surface area contributed by atoms with Gasteiger partial charge in [-0.15, -0.1) is 0 Å². The van der Waals surface area contributed by atoms with E-state index in [0.29, 0.717) is 17.6 Å². The normalized spacial score (nSPS) is 16.4. The average Bonchev–Trinajstić information content (AvgIpc) is 2.74. The van der Waals surface area contributed by atoms with Gasteiger partial charge in [0.05, 0.1) is 12.2 Å². The van der Waals surface area contributed by atoms with Gasteiger partial charge in [-0.25, -0.2) is 4.39 Å². The molecule has 2 aromatic rings. The molecule has 1 fully saturated rings. The average molecular weight is 446 g/mol. The van der Waals surface area contributed by atoms with E-state index < -0.39 is 0 Å².